The maximum Gasteiger partial charge on any atom is 0.206 e. The summed E-state index contributed by atoms with van der Waals surface area (Å²) in [4.78, 5) is 16.9. The molecule has 0 saturated carbocycles. The van der Waals surface area contributed by atoms with Gasteiger partial charge in [-0.1, -0.05) is 18.2 Å². The average Bonchev–Trinajstić information content (AvgIpc) is 2.77. The summed E-state index contributed by atoms with van der Waals surface area (Å²) in [5.74, 6) is -0.0678. The van der Waals surface area contributed by atoms with Crippen molar-refractivity contribution in [1.29, 1.82) is 0 Å². The highest BCUT2D eigenvalue weighted by Crippen LogP contribution is 2.34. The van der Waals surface area contributed by atoms with Crippen LogP contribution >= 0.6 is 11.3 Å². The second-order valence-corrected chi connectivity index (χ2v) is 4.96. The SMILES string of the molecule is Nc1c(C(=O)c2cccnc2)sc2ccccc12. The van der Waals surface area contributed by atoms with Gasteiger partial charge in [0.2, 0.25) is 5.78 Å². The van der Waals surface area contributed by atoms with E-state index in [2.05, 4.69) is 4.98 Å². The first-order valence-corrected chi connectivity index (χ1v) is 6.31. The third-order valence-corrected chi connectivity index (χ3v) is 3.95. The topological polar surface area (TPSA) is 56.0 Å². The van der Waals surface area contributed by atoms with Gasteiger partial charge in [-0.2, -0.15) is 0 Å². The summed E-state index contributed by atoms with van der Waals surface area (Å²) in [6.07, 6.45) is 3.21. The molecule has 88 valence electrons. The average molecular weight is 254 g/mol. The minimum atomic E-state index is -0.0678. The maximum atomic E-state index is 12.3. The Bertz CT molecular complexity index is 719. The van der Waals surface area contributed by atoms with Crippen LogP contribution in [0.4, 0.5) is 5.69 Å². The van der Waals surface area contributed by atoms with E-state index >= 15 is 0 Å². The third-order valence-electron chi connectivity index (χ3n) is 2.76. The van der Waals surface area contributed by atoms with E-state index in [1.807, 2.05) is 24.3 Å². The summed E-state index contributed by atoms with van der Waals surface area (Å²) in [7, 11) is 0. The van der Waals surface area contributed by atoms with Crippen molar-refractivity contribution in [1.82, 2.24) is 4.98 Å². The number of carbonyl (C=O) groups is 1. The summed E-state index contributed by atoms with van der Waals surface area (Å²) < 4.78 is 1.03. The fraction of sp³-hybridized carbons (Fsp3) is 0. The lowest BCUT2D eigenvalue weighted by Crippen LogP contribution is -2.02. The van der Waals surface area contributed by atoms with Gasteiger partial charge in [0.15, 0.2) is 0 Å². The predicted molar refractivity (Wildman–Crippen MR) is 73.9 cm³/mol. The Morgan fingerprint density at radius 3 is 2.72 bits per heavy atom. The molecule has 0 aliphatic heterocycles. The van der Waals surface area contributed by atoms with E-state index in [4.69, 9.17) is 5.73 Å². The summed E-state index contributed by atoms with van der Waals surface area (Å²) in [5, 5.41) is 0.940. The number of nitrogens with zero attached hydrogens (tertiary/aromatic N) is 1. The predicted octanol–water partition coefficient (Wildman–Crippen LogP) is 3.11. The molecule has 0 amide bonds. The van der Waals surface area contributed by atoms with Gasteiger partial charge in [-0.15, -0.1) is 11.3 Å². The second-order valence-electron chi connectivity index (χ2n) is 3.91. The highest BCUT2D eigenvalue weighted by Gasteiger charge is 2.17. The maximum absolute atomic E-state index is 12.3. The van der Waals surface area contributed by atoms with Crippen LogP contribution in [0, 0.1) is 0 Å². The number of aromatic nitrogens is 1. The van der Waals surface area contributed by atoms with Gasteiger partial charge in [0.25, 0.3) is 0 Å². The van der Waals surface area contributed by atoms with Crippen LogP contribution in [0.1, 0.15) is 15.2 Å². The lowest BCUT2D eigenvalue weighted by atomic mass is 10.1. The Morgan fingerprint density at radius 1 is 1.17 bits per heavy atom. The smallest absolute Gasteiger partial charge is 0.206 e. The van der Waals surface area contributed by atoms with E-state index in [0.717, 1.165) is 10.1 Å². The van der Waals surface area contributed by atoms with Crippen molar-refractivity contribution < 1.29 is 4.79 Å². The quantitative estimate of drug-likeness (QED) is 0.715. The summed E-state index contributed by atoms with van der Waals surface area (Å²) >= 11 is 1.42. The summed E-state index contributed by atoms with van der Waals surface area (Å²) in [6.45, 7) is 0. The first-order chi connectivity index (χ1) is 8.77. The van der Waals surface area contributed by atoms with Crippen molar-refractivity contribution in [3.63, 3.8) is 0 Å². The standard InChI is InChI=1S/C14H10N2OS/c15-12-10-5-1-2-6-11(10)18-14(12)13(17)9-4-3-7-16-8-9/h1-8H,15H2. The van der Waals surface area contributed by atoms with E-state index in [-0.39, 0.29) is 5.78 Å². The largest absolute Gasteiger partial charge is 0.397 e. The first-order valence-electron chi connectivity index (χ1n) is 5.49. The van der Waals surface area contributed by atoms with Crippen molar-refractivity contribution in [2.45, 2.75) is 0 Å². The van der Waals surface area contributed by atoms with E-state index in [1.54, 1.807) is 24.5 Å². The van der Waals surface area contributed by atoms with E-state index in [1.165, 1.54) is 11.3 Å². The molecule has 1 aromatic carbocycles. The number of carbonyl (C=O) groups excluding carboxylic acids is 1. The molecule has 0 unspecified atom stereocenters. The van der Waals surface area contributed by atoms with E-state index in [0.29, 0.717) is 16.1 Å². The van der Waals surface area contributed by atoms with Crippen LogP contribution in [0.25, 0.3) is 10.1 Å². The van der Waals surface area contributed by atoms with Gasteiger partial charge < -0.3 is 5.73 Å². The molecule has 0 bridgehead atoms. The Morgan fingerprint density at radius 2 is 2.00 bits per heavy atom. The highest BCUT2D eigenvalue weighted by atomic mass is 32.1. The number of hydrogen-bond donors (Lipinski definition) is 1. The van der Waals surface area contributed by atoms with Crippen molar-refractivity contribution in [3.8, 4) is 0 Å². The molecular weight excluding hydrogens is 244 g/mol. The van der Waals surface area contributed by atoms with E-state index < -0.39 is 0 Å². The lowest BCUT2D eigenvalue weighted by molar-refractivity contribution is 0.104. The molecule has 0 aliphatic rings. The molecular formula is C14H10N2OS. The van der Waals surface area contributed by atoms with Gasteiger partial charge in [0.05, 0.1) is 10.6 Å². The second kappa shape index (κ2) is 4.23. The van der Waals surface area contributed by atoms with Crippen LogP contribution in [0.5, 0.6) is 0 Å². The minimum absolute atomic E-state index is 0.0678. The molecule has 3 nitrogen and oxygen atoms in total. The number of rotatable bonds is 2. The number of ketones is 1. The Kier molecular flexibility index (Phi) is 2.57. The van der Waals surface area contributed by atoms with Gasteiger partial charge >= 0.3 is 0 Å². The van der Waals surface area contributed by atoms with Crippen molar-refractivity contribution >= 4 is 32.9 Å². The van der Waals surface area contributed by atoms with Crippen molar-refractivity contribution in [2.75, 3.05) is 5.73 Å². The molecule has 0 radical (unpaired) electrons. The summed E-state index contributed by atoms with van der Waals surface area (Å²) in [5.41, 5.74) is 7.17. The van der Waals surface area contributed by atoms with Gasteiger partial charge in [-0.25, -0.2) is 0 Å². The molecule has 0 aliphatic carbocycles. The number of thiophene rings is 1. The molecule has 2 heterocycles. The van der Waals surface area contributed by atoms with Crippen LogP contribution in [-0.2, 0) is 0 Å². The van der Waals surface area contributed by atoms with Crippen LogP contribution in [0.2, 0.25) is 0 Å². The van der Waals surface area contributed by atoms with Crippen molar-refractivity contribution in [3.05, 3.63) is 59.2 Å². The molecule has 2 aromatic heterocycles. The fourth-order valence-electron chi connectivity index (χ4n) is 1.86. The van der Waals surface area contributed by atoms with Gasteiger partial charge in [0, 0.05) is 28.0 Å². The molecule has 0 fully saturated rings. The Hall–Kier alpha value is -2.20. The van der Waals surface area contributed by atoms with Gasteiger partial charge in [0.1, 0.15) is 0 Å². The third kappa shape index (κ3) is 1.67. The number of anilines is 1. The minimum Gasteiger partial charge on any atom is -0.397 e. The zero-order valence-electron chi connectivity index (χ0n) is 9.46. The Labute approximate surface area is 108 Å². The molecule has 18 heavy (non-hydrogen) atoms. The van der Waals surface area contributed by atoms with Crippen LogP contribution in [0.15, 0.2) is 48.8 Å². The monoisotopic (exact) mass is 254 g/mol. The number of pyridine rings is 1. The number of nitrogens with two attached hydrogens (primary N) is 1. The lowest BCUT2D eigenvalue weighted by Gasteiger charge is -1.98. The molecule has 0 spiro atoms. The zero-order valence-corrected chi connectivity index (χ0v) is 10.3. The van der Waals surface area contributed by atoms with Gasteiger partial charge in [-0.3, -0.25) is 9.78 Å². The first kappa shape index (κ1) is 10.9. The van der Waals surface area contributed by atoms with Crippen molar-refractivity contribution in [2.24, 2.45) is 0 Å². The summed E-state index contributed by atoms with van der Waals surface area (Å²) in [6, 6.07) is 11.3. The number of hydrogen-bond acceptors (Lipinski definition) is 4. The normalized spacial score (nSPS) is 10.7. The highest BCUT2D eigenvalue weighted by molar-refractivity contribution is 7.21. The van der Waals surface area contributed by atoms with Crippen LogP contribution in [-0.4, -0.2) is 10.8 Å². The molecule has 0 saturated heterocycles. The molecule has 0 atom stereocenters. The molecule has 2 N–H and O–H groups in total. The molecule has 3 aromatic rings. The number of fused-ring (bicyclic) bond motifs is 1. The Balaban J connectivity index is 2.15. The number of nitrogen functional groups attached to an aromatic ring is 1. The zero-order chi connectivity index (χ0) is 12.5. The fourth-order valence-corrected chi connectivity index (χ4v) is 2.95. The van der Waals surface area contributed by atoms with Crippen LogP contribution < -0.4 is 5.73 Å². The molecule has 3 rings (SSSR count). The van der Waals surface area contributed by atoms with Crippen LogP contribution in [0.3, 0.4) is 0 Å². The molecule has 4 heteroatoms. The van der Waals surface area contributed by atoms with Gasteiger partial charge in [-0.05, 0) is 18.2 Å². The number of benzene rings is 1. The van der Waals surface area contributed by atoms with E-state index in [9.17, 15) is 4.79 Å².